The monoisotopic (exact) mass is 346 g/mol. The fraction of sp³-hybridized carbons (Fsp3) is 0.733. The van der Waals surface area contributed by atoms with Crippen LogP contribution in [0, 0.1) is 0 Å². The average Bonchev–Trinajstić information content (AvgIpc) is 2.42. The van der Waals surface area contributed by atoms with Crippen LogP contribution in [-0.2, 0) is 42.9 Å². The highest BCUT2D eigenvalue weighted by molar-refractivity contribution is 5.68. The van der Waals surface area contributed by atoms with E-state index in [0.717, 1.165) is 0 Å². The largest absolute Gasteiger partial charge is 0.463 e. The number of esters is 4. The number of ether oxygens (including phenoxy) is 5. The lowest BCUT2D eigenvalue weighted by molar-refractivity contribution is -0.249. The molecule has 0 spiro atoms. The Morgan fingerprint density at radius 3 is 1.67 bits per heavy atom. The Morgan fingerprint density at radius 1 is 0.750 bits per heavy atom. The number of hydrogen-bond acceptors (Lipinski definition) is 9. The van der Waals surface area contributed by atoms with Gasteiger partial charge in [-0.3, -0.25) is 19.2 Å². The first-order chi connectivity index (χ1) is 11.1. The van der Waals surface area contributed by atoms with Crippen LogP contribution in [0.5, 0.6) is 0 Å². The number of hydrogen-bond donors (Lipinski definition) is 0. The van der Waals surface area contributed by atoms with Gasteiger partial charge in [0.05, 0.1) is 6.10 Å². The topological polar surface area (TPSA) is 114 Å². The molecule has 1 saturated heterocycles. The van der Waals surface area contributed by atoms with Gasteiger partial charge in [-0.2, -0.15) is 0 Å². The minimum atomic E-state index is -1.09. The van der Waals surface area contributed by atoms with Crippen molar-refractivity contribution in [1.29, 1.82) is 0 Å². The highest BCUT2D eigenvalue weighted by Gasteiger charge is 2.50. The van der Waals surface area contributed by atoms with Gasteiger partial charge in [0.2, 0.25) is 0 Å². The predicted octanol–water partition coefficient (Wildman–Crippen LogP) is 0.132. The summed E-state index contributed by atoms with van der Waals surface area (Å²) in [4.78, 5) is 45.2. The van der Waals surface area contributed by atoms with Gasteiger partial charge in [0.15, 0.2) is 18.3 Å². The third kappa shape index (κ3) is 5.80. The molecule has 1 rings (SSSR count). The molecule has 0 radical (unpaired) electrons. The van der Waals surface area contributed by atoms with E-state index in [-0.39, 0.29) is 6.61 Å². The van der Waals surface area contributed by atoms with E-state index in [1.165, 1.54) is 27.7 Å². The molecule has 9 nitrogen and oxygen atoms in total. The summed E-state index contributed by atoms with van der Waals surface area (Å²) < 4.78 is 26.1. The van der Waals surface area contributed by atoms with Gasteiger partial charge in [0.1, 0.15) is 12.7 Å². The van der Waals surface area contributed by atoms with E-state index in [1.807, 2.05) is 0 Å². The van der Waals surface area contributed by atoms with Gasteiger partial charge in [-0.15, -0.1) is 0 Å². The lowest BCUT2D eigenvalue weighted by atomic mass is 9.95. The van der Waals surface area contributed by atoms with E-state index < -0.39 is 54.4 Å². The molecule has 1 fully saturated rings. The highest BCUT2D eigenvalue weighted by Crippen LogP contribution is 2.28. The normalized spacial score (nSPS) is 29.3. The summed E-state index contributed by atoms with van der Waals surface area (Å²) in [5.74, 6) is -2.44. The summed E-state index contributed by atoms with van der Waals surface area (Å²) in [7, 11) is 0. The van der Waals surface area contributed by atoms with Crippen LogP contribution in [0.2, 0.25) is 0 Å². The standard InChI is InChI=1S/C15H22O9/c1-7-13(22-9(3)17)15(24-11(5)19)14(23-10(4)18)12(21-7)6-20-8(2)16/h7,12-15H,6H2,1-5H3/t7-,12+,13?,14-,15+/m0/s1. The Kier molecular flexibility index (Phi) is 7.15. The van der Waals surface area contributed by atoms with E-state index in [1.54, 1.807) is 6.92 Å². The molecular weight excluding hydrogens is 324 g/mol. The zero-order chi connectivity index (χ0) is 18.4. The third-order valence-electron chi connectivity index (χ3n) is 3.22. The van der Waals surface area contributed by atoms with Crippen molar-refractivity contribution in [2.75, 3.05) is 6.61 Å². The highest BCUT2D eigenvalue weighted by atomic mass is 16.7. The van der Waals surface area contributed by atoms with Crippen molar-refractivity contribution in [2.24, 2.45) is 0 Å². The fourth-order valence-corrected chi connectivity index (χ4v) is 2.44. The smallest absolute Gasteiger partial charge is 0.303 e. The van der Waals surface area contributed by atoms with Gasteiger partial charge in [0.25, 0.3) is 0 Å². The van der Waals surface area contributed by atoms with Gasteiger partial charge >= 0.3 is 23.9 Å². The van der Waals surface area contributed by atoms with Crippen molar-refractivity contribution in [3.63, 3.8) is 0 Å². The maximum atomic E-state index is 11.4. The molecule has 1 aliphatic rings. The zero-order valence-electron chi connectivity index (χ0n) is 14.3. The van der Waals surface area contributed by atoms with Crippen molar-refractivity contribution in [3.05, 3.63) is 0 Å². The molecule has 1 aliphatic heterocycles. The predicted molar refractivity (Wildman–Crippen MR) is 77.6 cm³/mol. The minimum Gasteiger partial charge on any atom is -0.463 e. The summed E-state index contributed by atoms with van der Waals surface area (Å²) in [6, 6.07) is 0. The van der Waals surface area contributed by atoms with E-state index in [9.17, 15) is 19.2 Å². The van der Waals surface area contributed by atoms with Crippen molar-refractivity contribution >= 4 is 23.9 Å². The maximum absolute atomic E-state index is 11.4. The Labute approximate surface area is 139 Å². The minimum absolute atomic E-state index is 0.206. The van der Waals surface area contributed by atoms with Crippen molar-refractivity contribution in [3.8, 4) is 0 Å². The summed E-state index contributed by atoms with van der Waals surface area (Å²) in [5, 5.41) is 0. The van der Waals surface area contributed by atoms with Crippen LogP contribution in [0.1, 0.15) is 34.6 Å². The Balaban J connectivity index is 3.11. The molecule has 0 N–H and O–H groups in total. The Bertz CT molecular complexity index is 501. The number of rotatable bonds is 5. The second kappa shape index (κ2) is 8.62. The van der Waals surface area contributed by atoms with E-state index in [2.05, 4.69) is 0 Å². The molecule has 0 aromatic heterocycles. The Hall–Kier alpha value is -2.16. The zero-order valence-corrected chi connectivity index (χ0v) is 14.3. The molecule has 0 aromatic rings. The molecule has 1 unspecified atom stereocenters. The lowest BCUT2D eigenvalue weighted by Crippen LogP contribution is -2.61. The number of carbonyl (C=O) groups excluding carboxylic acids is 4. The molecule has 0 bridgehead atoms. The summed E-state index contributed by atoms with van der Waals surface area (Å²) >= 11 is 0. The van der Waals surface area contributed by atoms with Crippen LogP contribution in [0.25, 0.3) is 0 Å². The fourth-order valence-electron chi connectivity index (χ4n) is 2.44. The van der Waals surface area contributed by atoms with Crippen LogP contribution in [-0.4, -0.2) is 61.0 Å². The van der Waals surface area contributed by atoms with Crippen LogP contribution in [0.4, 0.5) is 0 Å². The van der Waals surface area contributed by atoms with E-state index >= 15 is 0 Å². The molecular formula is C15H22O9. The van der Waals surface area contributed by atoms with Gasteiger partial charge in [0, 0.05) is 27.7 Å². The van der Waals surface area contributed by atoms with Crippen LogP contribution in [0.15, 0.2) is 0 Å². The van der Waals surface area contributed by atoms with Gasteiger partial charge in [-0.25, -0.2) is 0 Å². The van der Waals surface area contributed by atoms with E-state index in [4.69, 9.17) is 23.7 Å². The SMILES string of the molecule is CC(=O)OC[C@H]1O[C@@H](C)C(OC(C)=O)[C@@H](OC(C)=O)[C@H]1OC(C)=O. The van der Waals surface area contributed by atoms with Gasteiger partial charge in [-0.05, 0) is 6.92 Å². The summed E-state index contributed by atoms with van der Waals surface area (Å²) in [5.41, 5.74) is 0. The van der Waals surface area contributed by atoms with E-state index in [0.29, 0.717) is 0 Å². The van der Waals surface area contributed by atoms with Crippen molar-refractivity contribution < 1.29 is 42.9 Å². The molecule has 136 valence electrons. The molecule has 5 atom stereocenters. The first kappa shape index (κ1) is 19.9. The molecule has 1 heterocycles. The quantitative estimate of drug-likeness (QED) is 0.506. The molecule has 0 amide bonds. The second-order valence-corrected chi connectivity index (χ2v) is 5.40. The molecule has 9 heteroatoms. The molecule has 0 aromatic carbocycles. The van der Waals surface area contributed by atoms with Crippen LogP contribution < -0.4 is 0 Å². The van der Waals surface area contributed by atoms with Gasteiger partial charge < -0.3 is 23.7 Å². The summed E-state index contributed by atoms with van der Waals surface area (Å²) in [6.07, 6.45) is -4.69. The summed E-state index contributed by atoms with van der Waals surface area (Å²) in [6.45, 7) is 6.17. The molecule has 0 aliphatic carbocycles. The van der Waals surface area contributed by atoms with Crippen LogP contribution in [0.3, 0.4) is 0 Å². The van der Waals surface area contributed by atoms with Crippen molar-refractivity contribution in [1.82, 2.24) is 0 Å². The van der Waals surface area contributed by atoms with Crippen LogP contribution >= 0.6 is 0 Å². The first-order valence-corrected chi connectivity index (χ1v) is 7.42. The maximum Gasteiger partial charge on any atom is 0.303 e. The lowest BCUT2D eigenvalue weighted by Gasteiger charge is -2.43. The Morgan fingerprint density at radius 2 is 1.21 bits per heavy atom. The van der Waals surface area contributed by atoms with Crippen molar-refractivity contribution in [2.45, 2.75) is 65.1 Å². The second-order valence-electron chi connectivity index (χ2n) is 5.40. The average molecular weight is 346 g/mol. The first-order valence-electron chi connectivity index (χ1n) is 7.42. The third-order valence-corrected chi connectivity index (χ3v) is 3.22. The van der Waals surface area contributed by atoms with Gasteiger partial charge in [-0.1, -0.05) is 0 Å². The molecule has 24 heavy (non-hydrogen) atoms. The molecule has 0 saturated carbocycles. The number of carbonyl (C=O) groups is 4.